The third-order valence-electron chi connectivity index (χ3n) is 2.35. The van der Waals surface area contributed by atoms with E-state index in [1.807, 2.05) is 23.7 Å². The summed E-state index contributed by atoms with van der Waals surface area (Å²) in [5.41, 5.74) is 0. The minimum absolute atomic E-state index is 0.287. The molecule has 13 heavy (non-hydrogen) atoms. The fraction of sp³-hybridized carbons (Fsp3) is 0.800. The maximum absolute atomic E-state index is 11.7. The van der Waals surface area contributed by atoms with Gasteiger partial charge < -0.3 is 0 Å². The molecule has 0 aromatic rings. The zero-order chi connectivity index (χ0) is 10.5. The standard InChI is InChI=1S/2C4H7O.2CH3.Sn/c2*1-2-3-4-5;;;/h2*2-3H2,1H3;2*1H3;. The van der Waals surface area contributed by atoms with Gasteiger partial charge in [0.25, 0.3) is 0 Å². The Labute approximate surface area is 85.0 Å². The fourth-order valence-corrected chi connectivity index (χ4v) is 7.12. The average molecular weight is 291 g/mol. The third kappa shape index (κ3) is 3.79. The van der Waals surface area contributed by atoms with Crippen molar-refractivity contribution in [3.63, 3.8) is 0 Å². The average Bonchev–Trinajstić information content (AvgIpc) is 2.05. The molecule has 0 bridgehead atoms. The van der Waals surface area contributed by atoms with Crippen molar-refractivity contribution < 1.29 is 9.59 Å². The third-order valence-corrected chi connectivity index (χ3v) is 11.7. The molecule has 0 rings (SSSR count). The van der Waals surface area contributed by atoms with Crippen molar-refractivity contribution >= 4 is 26.0 Å². The van der Waals surface area contributed by atoms with E-state index in [0.717, 1.165) is 12.8 Å². The first-order valence-corrected chi connectivity index (χ1v) is 13.6. The molecule has 2 nitrogen and oxygen atoms in total. The van der Waals surface area contributed by atoms with Crippen LogP contribution < -0.4 is 0 Å². The molecule has 0 atom stereocenters. The van der Waals surface area contributed by atoms with Crippen LogP contribution in [0.4, 0.5) is 0 Å². The van der Waals surface area contributed by atoms with Gasteiger partial charge in [-0.2, -0.15) is 0 Å². The molecule has 0 saturated carbocycles. The van der Waals surface area contributed by atoms with Gasteiger partial charge in [0.05, 0.1) is 0 Å². The molecule has 0 N–H and O–H groups in total. The van der Waals surface area contributed by atoms with Gasteiger partial charge in [0.1, 0.15) is 0 Å². The van der Waals surface area contributed by atoms with Crippen LogP contribution in [0.3, 0.4) is 0 Å². The van der Waals surface area contributed by atoms with Gasteiger partial charge in [-0.15, -0.1) is 0 Å². The molecule has 0 radical (unpaired) electrons. The van der Waals surface area contributed by atoms with Gasteiger partial charge in [-0.3, -0.25) is 0 Å². The molecule has 76 valence electrons. The van der Waals surface area contributed by atoms with E-state index in [0.29, 0.717) is 12.8 Å². The molecule has 0 aliphatic rings. The summed E-state index contributed by atoms with van der Waals surface area (Å²) in [7, 11) is 0. The molecular formula is C10H20O2Sn. The Morgan fingerprint density at radius 1 is 0.923 bits per heavy atom. The number of carbonyl (C=O) groups excluding carboxylic acids is 2. The Hall–Kier alpha value is 0.139. The predicted molar refractivity (Wildman–Crippen MR) is 57.3 cm³/mol. The first kappa shape index (κ1) is 13.1. The van der Waals surface area contributed by atoms with E-state index in [-0.39, 0.29) is 7.60 Å². The van der Waals surface area contributed by atoms with Crippen LogP contribution in [0.1, 0.15) is 39.5 Å². The molecule has 0 heterocycles. The van der Waals surface area contributed by atoms with Crippen molar-refractivity contribution in [3.05, 3.63) is 0 Å². The Morgan fingerprint density at radius 3 is 1.46 bits per heavy atom. The summed E-state index contributed by atoms with van der Waals surface area (Å²) in [4.78, 5) is 27.2. The molecule has 0 unspecified atom stereocenters. The normalized spacial score (nSPS) is 11.4. The Bertz CT molecular complexity index is 177. The first-order valence-electron chi connectivity index (χ1n) is 5.03. The van der Waals surface area contributed by atoms with Crippen LogP contribution in [0.15, 0.2) is 0 Å². The number of hydrogen-bond acceptors (Lipinski definition) is 2. The van der Waals surface area contributed by atoms with Gasteiger partial charge in [0.15, 0.2) is 0 Å². The predicted octanol–water partition coefficient (Wildman–Crippen LogP) is 2.51. The quantitative estimate of drug-likeness (QED) is 0.705. The van der Waals surface area contributed by atoms with E-state index in [2.05, 4.69) is 0 Å². The van der Waals surface area contributed by atoms with Crippen molar-refractivity contribution in [2.45, 2.75) is 49.4 Å². The van der Waals surface area contributed by atoms with Crippen LogP contribution in [-0.2, 0) is 9.59 Å². The Kier molecular flexibility index (Phi) is 5.84. The van der Waals surface area contributed by atoms with Gasteiger partial charge in [0.2, 0.25) is 0 Å². The summed E-state index contributed by atoms with van der Waals surface area (Å²) in [6, 6.07) is 0. The number of hydrogen-bond donors (Lipinski definition) is 0. The molecule has 0 aromatic carbocycles. The molecule has 0 spiro atoms. The summed E-state index contributed by atoms with van der Waals surface area (Å²) in [6.45, 7) is 3.98. The van der Waals surface area contributed by atoms with Gasteiger partial charge in [-0.05, 0) is 0 Å². The van der Waals surface area contributed by atoms with Crippen LogP contribution >= 0.6 is 0 Å². The fourth-order valence-electron chi connectivity index (χ4n) is 1.23. The first-order chi connectivity index (χ1) is 5.96. The van der Waals surface area contributed by atoms with Crippen molar-refractivity contribution in [1.82, 2.24) is 0 Å². The van der Waals surface area contributed by atoms with E-state index in [4.69, 9.17) is 0 Å². The zero-order valence-electron chi connectivity index (χ0n) is 9.14. The summed E-state index contributed by atoms with van der Waals surface area (Å²) in [5.74, 6) is 0. The summed E-state index contributed by atoms with van der Waals surface area (Å²) in [5, 5.41) is 0. The van der Waals surface area contributed by atoms with Gasteiger partial charge in [0, 0.05) is 0 Å². The van der Waals surface area contributed by atoms with E-state index < -0.39 is 18.4 Å². The van der Waals surface area contributed by atoms with Crippen LogP contribution in [0.2, 0.25) is 9.88 Å². The van der Waals surface area contributed by atoms with Crippen molar-refractivity contribution in [2.75, 3.05) is 0 Å². The Balaban J connectivity index is 4.36. The van der Waals surface area contributed by atoms with Crippen molar-refractivity contribution in [1.29, 1.82) is 0 Å². The van der Waals surface area contributed by atoms with Crippen LogP contribution in [0.5, 0.6) is 0 Å². The minimum atomic E-state index is -2.98. The maximum atomic E-state index is 11.7. The molecular weight excluding hydrogens is 271 g/mol. The molecule has 0 aliphatic carbocycles. The van der Waals surface area contributed by atoms with E-state index in [9.17, 15) is 9.59 Å². The monoisotopic (exact) mass is 292 g/mol. The van der Waals surface area contributed by atoms with Crippen molar-refractivity contribution in [2.24, 2.45) is 0 Å². The molecule has 0 amide bonds. The van der Waals surface area contributed by atoms with E-state index in [1.54, 1.807) is 0 Å². The summed E-state index contributed by atoms with van der Waals surface area (Å²) >= 11 is -2.98. The molecule has 0 aliphatic heterocycles. The second kappa shape index (κ2) is 5.78. The molecule has 0 saturated heterocycles. The number of carbonyl (C=O) groups is 2. The van der Waals surface area contributed by atoms with Gasteiger partial charge in [-0.1, -0.05) is 0 Å². The SMILES string of the molecule is CCC[C](=O)[Sn]([CH3])([CH3])[C](=O)CCC. The van der Waals surface area contributed by atoms with Crippen molar-refractivity contribution in [3.8, 4) is 0 Å². The van der Waals surface area contributed by atoms with Crippen LogP contribution in [0.25, 0.3) is 0 Å². The van der Waals surface area contributed by atoms with Gasteiger partial charge in [-0.25, -0.2) is 0 Å². The summed E-state index contributed by atoms with van der Waals surface area (Å²) in [6.07, 6.45) is 2.97. The molecule has 0 fully saturated rings. The summed E-state index contributed by atoms with van der Waals surface area (Å²) < 4.78 is 0.575. The van der Waals surface area contributed by atoms with E-state index in [1.165, 1.54) is 0 Å². The molecule has 0 aromatic heterocycles. The van der Waals surface area contributed by atoms with E-state index >= 15 is 0 Å². The second-order valence-corrected chi connectivity index (χ2v) is 16.4. The Morgan fingerprint density at radius 2 is 1.23 bits per heavy atom. The van der Waals surface area contributed by atoms with Crippen LogP contribution in [0, 0.1) is 0 Å². The zero-order valence-corrected chi connectivity index (χ0v) is 12.0. The number of rotatable bonds is 6. The molecule has 3 heteroatoms. The van der Waals surface area contributed by atoms with Gasteiger partial charge >= 0.3 is 85.0 Å². The van der Waals surface area contributed by atoms with Crippen LogP contribution in [-0.4, -0.2) is 26.0 Å². The topological polar surface area (TPSA) is 34.1 Å². The second-order valence-electron chi connectivity index (χ2n) is 3.97.